The molecule has 0 radical (unpaired) electrons. The molecule has 0 N–H and O–H groups in total. The van der Waals surface area contributed by atoms with E-state index in [1.54, 1.807) is 12.3 Å². The minimum atomic E-state index is 0.132. The van der Waals surface area contributed by atoms with Gasteiger partial charge in [0.15, 0.2) is 5.78 Å². The zero-order valence-electron chi connectivity index (χ0n) is 9.41. The largest absolute Gasteiger partial charge is 0.292 e. The van der Waals surface area contributed by atoms with Crippen molar-refractivity contribution in [2.45, 2.75) is 12.3 Å². The standard InChI is InChI=1S/C15H13NO/c17-15(14-8-4-5-9-16-14)13-10-12(13)11-6-2-1-3-7-11/h1-9,12-13H,10H2/t12-,13-/m0/s1. The monoisotopic (exact) mass is 223 g/mol. The summed E-state index contributed by atoms with van der Waals surface area (Å²) in [4.78, 5) is 16.2. The van der Waals surface area contributed by atoms with Crippen molar-refractivity contribution >= 4 is 5.78 Å². The number of rotatable bonds is 3. The van der Waals surface area contributed by atoms with Crippen LogP contribution in [0.25, 0.3) is 0 Å². The van der Waals surface area contributed by atoms with Gasteiger partial charge in [-0.3, -0.25) is 9.78 Å². The van der Waals surface area contributed by atoms with Crippen molar-refractivity contribution in [3.8, 4) is 0 Å². The predicted molar refractivity (Wildman–Crippen MR) is 65.9 cm³/mol. The van der Waals surface area contributed by atoms with Crippen molar-refractivity contribution in [2.24, 2.45) is 5.92 Å². The molecule has 1 aromatic carbocycles. The van der Waals surface area contributed by atoms with Gasteiger partial charge in [0.1, 0.15) is 5.69 Å². The maximum atomic E-state index is 12.1. The first-order chi connectivity index (χ1) is 8.36. The van der Waals surface area contributed by atoms with E-state index in [1.807, 2.05) is 30.3 Å². The van der Waals surface area contributed by atoms with Crippen molar-refractivity contribution in [1.29, 1.82) is 0 Å². The lowest BCUT2D eigenvalue weighted by molar-refractivity contribution is 0.0960. The van der Waals surface area contributed by atoms with Crippen LogP contribution in [0, 0.1) is 5.92 Å². The van der Waals surface area contributed by atoms with E-state index in [2.05, 4.69) is 17.1 Å². The summed E-state index contributed by atoms with van der Waals surface area (Å²) in [6.07, 6.45) is 2.63. The van der Waals surface area contributed by atoms with Gasteiger partial charge in [-0.1, -0.05) is 36.4 Å². The second-order valence-corrected chi connectivity index (χ2v) is 4.44. The Morgan fingerprint density at radius 3 is 2.53 bits per heavy atom. The first kappa shape index (κ1) is 10.2. The lowest BCUT2D eigenvalue weighted by Crippen LogP contribution is -2.05. The fraction of sp³-hybridized carbons (Fsp3) is 0.200. The van der Waals surface area contributed by atoms with Gasteiger partial charge in [0, 0.05) is 12.1 Å². The summed E-state index contributed by atoms with van der Waals surface area (Å²) in [5, 5.41) is 0. The van der Waals surface area contributed by atoms with E-state index in [0.717, 1.165) is 6.42 Å². The Kier molecular flexibility index (Phi) is 2.48. The van der Waals surface area contributed by atoms with Crippen LogP contribution in [-0.4, -0.2) is 10.8 Å². The Bertz CT molecular complexity index is 521. The maximum Gasteiger partial charge on any atom is 0.184 e. The third-order valence-electron chi connectivity index (χ3n) is 3.27. The highest BCUT2D eigenvalue weighted by Gasteiger charge is 2.44. The van der Waals surface area contributed by atoms with Gasteiger partial charge in [-0.25, -0.2) is 0 Å². The van der Waals surface area contributed by atoms with Gasteiger partial charge in [0.05, 0.1) is 0 Å². The average molecular weight is 223 g/mol. The minimum absolute atomic E-state index is 0.132. The molecule has 1 aromatic heterocycles. The molecule has 2 nitrogen and oxygen atoms in total. The number of hydrogen-bond donors (Lipinski definition) is 0. The number of carbonyl (C=O) groups is 1. The van der Waals surface area contributed by atoms with Gasteiger partial charge >= 0.3 is 0 Å². The molecule has 1 aliphatic rings. The second-order valence-electron chi connectivity index (χ2n) is 4.44. The molecule has 2 heteroatoms. The Morgan fingerprint density at radius 2 is 1.82 bits per heavy atom. The van der Waals surface area contributed by atoms with Gasteiger partial charge in [-0.15, -0.1) is 0 Å². The Hall–Kier alpha value is -1.96. The fourth-order valence-corrected chi connectivity index (χ4v) is 2.25. The van der Waals surface area contributed by atoms with E-state index in [4.69, 9.17) is 0 Å². The first-order valence-corrected chi connectivity index (χ1v) is 5.86. The van der Waals surface area contributed by atoms with Crippen LogP contribution >= 0.6 is 0 Å². The molecule has 0 aliphatic heterocycles. The Balaban J connectivity index is 1.76. The van der Waals surface area contributed by atoms with Crippen LogP contribution < -0.4 is 0 Å². The van der Waals surface area contributed by atoms with E-state index in [-0.39, 0.29) is 11.7 Å². The molecule has 0 bridgehead atoms. The third kappa shape index (κ3) is 1.98. The zero-order valence-corrected chi connectivity index (χ0v) is 9.41. The van der Waals surface area contributed by atoms with E-state index in [0.29, 0.717) is 11.6 Å². The topological polar surface area (TPSA) is 30.0 Å². The molecule has 2 aromatic rings. The molecule has 1 aliphatic carbocycles. The molecule has 1 fully saturated rings. The zero-order chi connectivity index (χ0) is 11.7. The molecule has 1 saturated carbocycles. The summed E-state index contributed by atoms with van der Waals surface area (Å²) in [5.41, 5.74) is 1.86. The van der Waals surface area contributed by atoms with E-state index >= 15 is 0 Å². The fourth-order valence-electron chi connectivity index (χ4n) is 2.25. The van der Waals surface area contributed by atoms with Crippen molar-refractivity contribution in [2.75, 3.05) is 0 Å². The van der Waals surface area contributed by atoms with E-state index in [1.165, 1.54) is 5.56 Å². The molecular weight excluding hydrogens is 210 g/mol. The summed E-state index contributed by atoms with van der Waals surface area (Å²) in [6.45, 7) is 0. The normalized spacial score (nSPS) is 22.1. The quantitative estimate of drug-likeness (QED) is 0.748. The first-order valence-electron chi connectivity index (χ1n) is 5.86. The van der Waals surface area contributed by atoms with Gasteiger partial charge < -0.3 is 0 Å². The lowest BCUT2D eigenvalue weighted by atomic mass is 10.1. The summed E-state index contributed by atoms with van der Waals surface area (Å²) in [5.74, 6) is 0.706. The van der Waals surface area contributed by atoms with Gasteiger partial charge in [0.2, 0.25) is 0 Å². The van der Waals surface area contributed by atoms with E-state index in [9.17, 15) is 4.79 Å². The smallest absolute Gasteiger partial charge is 0.184 e. The number of benzene rings is 1. The molecule has 0 amide bonds. The maximum absolute atomic E-state index is 12.1. The molecule has 84 valence electrons. The van der Waals surface area contributed by atoms with Crippen LogP contribution in [0.3, 0.4) is 0 Å². The molecule has 0 unspecified atom stereocenters. The molecular formula is C15H13NO. The van der Waals surface area contributed by atoms with Gasteiger partial charge in [-0.2, -0.15) is 0 Å². The van der Waals surface area contributed by atoms with Crippen molar-refractivity contribution < 1.29 is 4.79 Å². The number of ketones is 1. The van der Waals surface area contributed by atoms with Crippen LogP contribution in [0.4, 0.5) is 0 Å². The summed E-state index contributed by atoms with van der Waals surface area (Å²) >= 11 is 0. The predicted octanol–water partition coefficient (Wildman–Crippen LogP) is 3.07. The molecule has 2 atom stereocenters. The summed E-state index contributed by atoms with van der Waals surface area (Å²) in [7, 11) is 0. The molecule has 0 saturated heterocycles. The summed E-state index contributed by atoms with van der Waals surface area (Å²) < 4.78 is 0. The van der Waals surface area contributed by atoms with Crippen LogP contribution in [0.5, 0.6) is 0 Å². The van der Waals surface area contributed by atoms with Crippen molar-refractivity contribution in [3.63, 3.8) is 0 Å². The highest BCUT2D eigenvalue weighted by atomic mass is 16.1. The van der Waals surface area contributed by atoms with Crippen molar-refractivity contribution in [3.05, 3.63) is 66.0 Å². The minimum Gasteiger partial charge on any atom is -0.292 e. The third-order valence-corrected chi connectivity index (χ3v) is 3.27. The number of carbonyl (C=O) groups excluding carboxylic acids is 1. The van der Waals surface area contributed by atoms with Crippen LogP contribution in [-0.2, 0) is 0 Å². The highest BCUT2D eigenvalue weighted by molar-refractivity contribution is 5.98. The number of hydrogen-bond acceptors (Lipinski definition) is 2. The molecule has 0 spiro atoms. The number of nitrogens with zero attached hydrogens (tertiary/aromatic N) is 1. The Morgan fingerprint density at radius 1 is 1.06 bits per heavy atom. The van der Waals surface area contributed by atoms with Crippen LogP contribution in [0.15, 0.2) is 54.7 Å². The van der Waals surface area contributed by atoms with E-state index < -0.39 is 0 Å². The van der Waals surface area contributed by atoms with Crippen molar-refractivity contribution in [1.82, 2.24) is 4.98 Å². The number of pyridine rings is 1. The Labute approximate surface area is 100 Å². The number of aromatic nitrogens is 1. The van der Waals surface area contributed by atoms with Crippen LogP contribution in [0.1, 0.15) is 28.4 Å². The molecule has 3 rings (SSSR count). The van der Waals surface area contributed by atoms with Gasteiger partial charge in [0.25, 0.3) is 0 Å². The average Bonchev–Trinajstić information content (AvgIpc) is 3.20. The van der Waals surface area contributed by atoms with Crippen LogP contribution in [0.2, 0.25) is 0 Å². The second kappa shape index (κ2) is 4.13. The SMILES string of the molecule is O=C(c1ccccn1)[C@H]1C[C@H]1c1ccccc1. The lowest BCUT2D eigenvalue weighted by Gasteiger charge is -2.00. The van der Waals surface area contributed by atoms with Gasteiger partial charge in [-0.05, 0) is 30.0 Å². The summed E-state index contributed by atoms with van der Waals surface area (Å²) in [6, 6.07) is 15.7. The number of Topliss-reactive ketones (excluding diaryl/α,β-unsaturated/α-hetero) is 1. The highest BCUT2D eigenvalue weighted by Crippen LogP contribution is 2.48. The molecule has 17 heavy (non-hydrogen) atoms. The molecule has 1 heterocycles.